The second-order valence-electron chi connectivity index (χ2n) is 5.33. The average molecular weight is 263 g/mol. The van der Waals surface area contributed by atoms with E-state index in [4.69, 9.17) is 4.74 Å². The summed E-state index contributed by atoms with van der Waals surface area (Å²) < 4.78 is 5.94. The molecule has 1 aromatic rings. The van der Waals surface area contributed by atoms with Crippen molar-refractivity contribution in [2.75, 3.05) is 6.54 Å². The van der Waals surface area contributed by atoms with E-state index in [0.29, 0.717) is 0 Å². The Kier molecular flexibility index (Phi) is 5.67. The number of hydrogen-bond donors (Lipinski definition) is 2. The Morgan fingerprint density at radius 3 is 2.95 bits per heavy atom. The molecule has 2 N–H and O–H groups in total. The highest BCUT2D eigenvalue weighted by molar-refractivity contribution is 5.28. The van der Waals surface area contributed by atoms with Gasteiger partial charge in [-0.2, -0.15) is 0 Å². The Bertz CT molecular complexity index is 381. The summed E-state index contributed by atoms with van der Waals surface area (Å²) >= 11 is 0. The topological polar surface area (TPSA) is 41.5 Å². The molecular formula is C16H25NO2. The van der Waals surface area contributed by atoms with Crippen molar-refractivity contribution in [2.45, 2.75) is 57.8 Å². The van der Waals surface area contributed by atoms with E-state index in [0.717, 1.165) is 50.9 Å². The summed E-state index contributed by atoms with van der Waals surface area (Å²) in [5.74, 6) is 0.877. The summed E-state index contributed by atoms with van der Waals surface area (Å²) in [5.41, 5.74) is 1.23. The first-order chi connectivity index (χ1) is 9.29. The van der Waals surface area contributed by atoms with Crippen LogP contribution in [0.2, 0.25) is 0 Å². The standard InChI is InChI=1S/C16H25NO2/c1-2-10-17-12-13-6-5-7-14(11-13)19-16-9-4-3-8-15(16)18/h5-7,11,15-18H,2-4,8-10,12H2,1H3. The summed E-state index contributed by atoms with van der Waals surface area (Å²) in [4.78, 5) is 0. The largest absolute Gasteiger partial charge is 0.488 e. The van der Waals surface area contributed by atoms with Gasteiger partial charge in [-0.15, -0.1) is 0 Å². The van der Waals surface area contributed by atoms with Crippen LogP contribution in [0.15, 0.2) is 24.3 Å². The van der Waals surface area contributed by atoms with Crippen LogP contribution in [0.5, 0.6) is 5.75 Å². The van der Waals surface area contributed by atoms with Crippen molar-refractivity contribution in [3.63, 3.8) is 0 Å². The van der Waals surface area contributed by atoms with Crippen molar-refractivity contribution >= 4 is 0 Å². The Hall–Kier alpha value is -1.06. The number of ether oxygens (including phenoxy) is 1. The summed E-state index contributed by atoms with van der Waals surface area (Å²) in [6.45, 7) is 4.07. The Morgan fingerprint density at radius 1 is 1.32 bits per heavy atom. The molecule has 0 heterocycles. The molecule has 1 aliphatic rings. The quantitative estimate of drug-likeness (QED) is 0.775. The molecule has 2 atom stereocenters. The maximum atomic E-state index is 9.94. The Labute approximate surface area is 116 Å². The lowest BCUT2D eigenvalue weighted by molar-refractivity contribution is 0.00684. The van der Waals surface area contributed by atoms with Crippen molar-refractivity contribution in [1.29, 1.82) is 0 Å². The minimum Gasteiger partial charge on any atom is -0.488 e. The van der Waals surface area contributed by atoms with Crippen molar-refractivity contribution in [3.05, 3.63) is 29.8 Å². The number of aliphatic hydroxyl groups excluding tert-OH is 1. The van der Waals surface area contributed by atoms with E-state index in [1.165, 1.54) is 5.56 Å². The maximum absolute atomic E-state index is 9.94. The molecule has 0 spiro atoms. The molecular weight excluding hydrogens is 238 g/mol. The molecule has 0 saturated heterocycles. The molecule has 3 heteroatoms. The van der Waals surface area contributed by atoms with Gasteiger partial charge in [-0.1, -0.05) is 25.5 Å². The van der Waals surface area contributed by atoms with Gasteiger partial charge in [-0.3, -0.25) is 0 Å². The molecule has 2 unspecified atom stereocenters. The van der Waals surface area contributed by atoms with Crippen molar-refractivity contribution < 1.29 is 9.84 Å². The van der Waals surface area contributed by atoms with E-state index in [9.17, 15) is 5.11 Å². The normalized spacial score (nSPS) is 23.3. The van der Waals surface area contributed by atoms with Crippen LogP contribution < -0.4 is 10.1 Å². The van der Waals surface area contributed by atoms with Gasteiger partial charge in [0.1, 0.15) is 11.9 Å². The first-order valence-electron chi connectivity index (χ1n) is 7.44. The van der Waals surface area contributed by atoms with E-state index in [1.54, 1.807) is 0 Å². The van der Waals surface area contributed by atoms with Gasteiger partial charge >= 0.3 is 0 Å². The lowest BCUT2D eigenvalue weighted by Crippen LogP contribution is -2.34. The predicted molar refractivity (Wildman–Crippen MR) is 77.3 cm³/mol. The zero-order chi connectivity index (χ0) is 13.5. The van der Waals surface area contributed by atoms with Crippen LogP contribution in [-0.2, 0) is 6.54 Å². The van der Waals surface area contributed by atoms with Crippen LogP contribution in [-0.4, -0.2) is 23.9 Å². The predicted octanol–water partition coefficient (Wildman–Crippen LogP) is 2.87. The highest BCUT2D eigenvalue weighted by atomic mass is 16.5. The van der Waals surface area contributed by atoms with Crippen molar-refractivity contribution in [1.82, 2.24) is 5.32 Å². The highest BCUT2D eigenvalue weighted by Crippen LogP contribution is 2.24. The molecule has 0 aliphatic heterocycles. The highest BCUT2D eigenvalue weighted by Gasteiger charge is 2.24. The molecule has 1 fully saturated rings. The van der Waals surface area contributed by atoms with Crippen molar-refractivity contribution in [2.24, 2.45) is 0 Å². The van der Waals surface area contributed by atoms with E-state index >= 15 is 0 Å². The minimum atomic E-state index is -0.310. The average Bonchev–Trinajstić information content (AvgIpc) is 2.42. The summed E-state index contributed by atoms with van der Waals surface area (Å²) in [7, 11) is 0. The molecule has 106 valence electrons. The third-order valence-electron chi connectivity index (χ3n) is 3.61. The number of hydrogen-bond acceptors (Lipinski definition) is 3. The van der Waals surface area contributed by atoms with E-state index in [1.807, 2.05) is 12.1 Å². The van der Waals surface area contributed by atoms with Crippen LogP contribution in [0.25, 0.3) is 0 Å². The molecule has 1 aliphatic carbocycles. The van der Waals surface area contributed by atoms with Gasteiger partial charge in [-0.05, 0) is 49.9 Å². The first-order valence-corrected chi connectivity index (χ1v) is 7.44. The monoisotopic (exact) mass is 263 g/mol. The molecule has 1 aromatic carbocycles. The van der Waals surface area contributed by atoms with Gasteiger partial charge in [-0.25, -0.2) is 0 Å². The third kappa shape index (κ3) is 4.51. The molecule has 1 saturated carbocycles. The maximum Gasteiger partial charge on any atom is 0.124 e. The lowest BCUT2D eigenvalue weighted by Gasteiger charge is -2.28. The number of nitrogens with one attached hydrogen (secondary N) is 1. The molecule has 0 aromatic heterocycles. The van der Waals surface area contributed by atoms with Gasteiger partial charge in [0.2, 0.25) is 0 Å². The van der Waals surface area contributed by atoms with Crippen LogP contribution in [0, 0.1) is 0 Å². The van der Waals surface area contributed by atoms with Gasteiger partial charge in [0.15, 0.2) is 0 Å². The fraction of sp³-hybridized carbons (Fsp3) is 0.625. The van der Waals surface area contributed by atoms with Gasteiger partial charge in [0, 0.05) is 6.54 Å². The van der Waals surface area contributed by atoms with Gasteiger partial charge < -0.3 is 15.2 Å². The third-order valence-corrected chi connectivity index (χ3v) is 3.61. The molecule has 19 heavy (non-hydrogen) atoms. The SMILES string of the molecule is CCCNCc1cccc(OC2CCCCC2O)c1. The van der Waals surface area contributed by atoms with Gasteiger partial charge in [0.05, 0.1) is 6.10 Å². The molecule has 0 radical (unpaired) electrons. The Balaban J connectivity index is 1.90. The van der Waals surface area contributed by atoms with E-state index < -0.39 is 0 Å². The molecule has 2 rings (SSSR count). The Morgan fingerprint density at radius 2 is 2.16 bits per heavy atom. The second-order valence-corrected chi connectivity index (χ2v) is 5.33. The fourth-order valence-electron chi connectivity index (χ4n) is 2.53. The zero-order valence-corrected chi connectivity index (χ0v) is 11.8. The summed E-state index contributed by atoms with van der Waals surface area (Å²) in [6, 6.07) is 8.18. The van der Waals surface area contributed by atoms with Crippen LogP contribution in [0.3, 0.4) is 0 Å². The first kappa shape index (κ1) is 14.4. The second kappa shape index (κ2) is 7.51. The summed E-state index contributed by atoms with van der Waals surface area (Å²) in [5, 5.41) is 13.3. The van der Waals surface area contributed by atoms with Crippen LogP contribution in [0.1, 0.15) is 44.6 Å². The van der Waals surface area contributed by atoms with Crippen LogP contribution >= 0.6 is 0 Å². The fourth-order valence-corrected chi connectivity index (χ4v) is 2.53. The number of rotatable bonds is 6. The van der Waals surface area contributed by atoms with Crippen molar-refractivity contribution in [3.8, 4) is 5.75 Å². The van der Waals surface area contributed by atoms with E-state index in [2.05, 4.69) is 24.4 Å². The molecule has 0 bridgehead atoms. The van der Waals surface area contributed by atoms with Gasteiger partial charge in [0.25, 0.3) is 0 Å². The minimum absolute atomic E-state index is 0.0346. The smallest absolute Gasteiger partial charge is 0.124 e. The zero-order valence-electron chi connectivity index (χ0n) is 11.8. The lowest BCUT2D eigenvalue weighted by atomic mass is 9.95. The number of benzene rings is 1. The number of aliphatic hydroxyl groups is 1. The van der Waals surface area contributed by atoms with Crippen LogP contribution in [0.4, 0.5) is 0 Å². The molecule has 3 nitrogen and oxygen atoms in total. The molecule has 0 amide bonds. The van der Waals surface area contributed by atoms with E-state index in [-0.39, 0.29) is 12.2 Å². The summed E-state index contributed by atoms with van der Waals surface area (Å²) in [6.07, 6.45) is 4.89.